The quantitative estimate of drug-likeness (QED) is 0.675. The molecule has 0 saturated heterocycles. The topological polar surface area (TPSA) is 92.3 Å². The van der Waals surface area contributed by atoms with Crippen molar-refractivity contribution in [1.29, 1.82) is 0 Å². The van der Waals surface area contributed by atoms with E-state index >= 15 is 0 Å². The molecule has 1 amide bonds. The smallest absolute Gasteiger partial charge is 0.408 e. The van der Waals surface area contributed by atoms with E-state index in [1.54, 1.807) is 43.5 Å². The van der Waals surface area contributed by atoms with Crippen molar-refractivity contribution in [2.75, 3.05) is 13.9 Å². The lowest BCUT2D eigenvalue weighted by Crippen LogP contribution is -2.45. The molecule has 1 saturated carbocycles. The number of rotatable bonds is 5. The summed E-state index contributed by atoms with van der Waals surface area (Å²) < 4.78 is 28.1. The van der Waals surface area contributed by atoms with Gasteiger partial charge in [-0.25, -0.2) is 4.79 Å². The molecule has 2 aromatic rings. The van der Waals surface area contributed by atoms with Gasteiger partial charge in [0, 0.05) is 17.7 Å². The number of ketones is 1. The molecule has 2 heterocycles. The van der Waals surface area contributed by atoms with Crippen molar-refractivity contribution in [2.24, 2.45) is 5.92 Å². The van der Waals surface area contributed by atoms with Crippen molar-refractivity contribution in [3.8, 4) is 23.0 Å². The molecule has 1 aliphatic carbocycles. The molecular formula is C26H29NO7. The summed E-state index contributed by atoms with van der Waals surface area (Å²) in [5.41, 5.74) is 0.986. The van der Waals surface area contributed by atoms with Gasteiger partial charge >= 0.3 is 6.09 Å². The predicted octanol–water partition coefficient (Wildman–Crippen LogP) is 4.80. The lowest BCUT2D eigenvalue weighted by atomic mass is 9.85. The summed E-state index contributed by atoms with van der Waals surface area (Å²) in [6.07, 6.45) is 3.13. The van der Waals surface area contributed by atoms with Gasteiger partial charge in [-0.2, -0.15) is 0 Å². The van der Waals surface area contributed by atoms with Gasteiger partial charge in [-0.1, -0.05) is 25.3 Å². The molecule has 0 radical (unpaired) electrons. The van der Waals surface area contributed by atoms with Gasteiger partial charge in [-0.05, 0) is 49.9 Å². The summed E-state index contributed by atoms with van der Waals surface area (Å²) in [4.78, 5) is 26.4. The summed E-state index contributed by atoms with van der Waals surface area (Å²) in [5.74, 6) is 2.20. The number of amides is 1. The predicted molar refractivity (Wildman–Crippen MR) is 123 cm³/mol. The molecule has 5 rings (SSSR count). The number of carbonyl (C=O) groups excluding carboxylic acids is 2. The van der Waals surface area contributed by atoms with Gasteiger partial charge in [0.25, 0.3) is 0 Å². The van der Waals surface area contributed by atoms with E-state index in [9.17, 15) is 9.59 Å². The Morgan fingerprint density at radius 1 is 1.03 bits per heavy atom. The highest BCUT2D eigenvalue weighted by Gasteiger charge is 2.42. The third-order valence-corrected chi connectivity index (χ3v) is 6.90. The fourth-order valence-electron chi connectivity index (χ4n) is 4.96. The van der Waals surface area contributed by atoms with Gasteiger partial charge in [0.1, 0.15) is 11.5 Å². The van der Waals surface area contributed by atoms with Crippen molar-refractivity contribution in [3.05, 3.63) is 47.5 Å². The van der Waals surface area contributed by atoms with Crippen molar-refractivity contribution in [1.82, 2.24) is 5.32 Å². The molecule has 2 aromatic carbocycles. The maximum absolute atomic E-state index is 13.5. The van der Waals surface area contributed by atoms with E-state index in [-0.39, 0.29) is 18.6 Å². The zero-order valence-electron chi connectivity index (χ0n) is 19.4. The van der Waals surface area contributed by atoms with Crippen LogP contribution in [-0.2, 0) is 4.74 Å². The molecule has 3 aliphatic rings. The van der Waals surface area contributed by atoms with E-state index < -0.39 is 18.3 Å². The van der Waals surface area contributed by atoms with Crippen molar-refractivity contribution in [3.63, 3.8) is 0 Å². The van der Waals surface area contributed by atoms with Gasteiger partial charge < -0.3 is 29.0 Å². The first-order valence-corrected chi connectivity index (χ1v) is 11.8. The Balaban J connectivity index is 1.41. The standard InChI is InChI=1S/C26H29NO7/c1-15(16-6-4-3-5-7-16)27-26(29)34-25-23(28)19-10-9-18(30-2)13-21(19)33-24(25)17-8-11-20-22(12-17)32-14-31-20/h8-13,15-16,24-25H,3-7,14H2,1-2H3,(H,27,29)/t15-,24+,25?/m1/s1. The Bertz CT molecular complexity index is 1080. The van der Waals surface area contributed by atoms with Crippen LogP contribution >= 0.6 is 0 Å². The molecule has 2 aliphatic heterocycles. The molecule has 180 valence electrons. The molecular weight excluding hydrogens is 438 g/mol. The summed E-state index contributed by atoms with van der Waals surface area (Å²) in [5, 5.41) is 2.94. The largest absolute Gasteiger partial charge is 0.497 e. The van der Waals surface area contributed by atoms with Gasteiger partial charge in [0.05, 0.1) is 12.7 Å². The number of Topliss-reactive ketones (excluding diaryl/α,β-unsaturated/α-hetero) is 1. The van der Waals surface area contributed by atoms with Crippen molar-refractivity contribution in [2.45, 2.75) is 57.3 Å². The van der Waals surface area contributed by atoms with Crippen LogP contribution < -0.4 is 24.3 Å². The minimum atomic E-state index is -1.15. The van der Waals surface area contributed by atoms with Crippen LogP contribution in [0.1, 0.15) is 61.1 Å². The van der Waals surface area contributed by atoms with E-state index in [1.807, 2.05) is 6.92 Å². The molecule has 1 N–H and O–H groups in total. The summed E-state index contributed by atoms with van der Waals surface area (Å²) in [6, 6.07) is 10.2. The number of carbonyl (C=O) groups is 2. The third-order valence-electron chi connectivity index (χ3n) is 6.90. The Morgan fingerprint density at radius 2 is 1.82 bits per heavy atom. The summed E-state index contributed by atoms with van der Waals surface area (Å²) in [6.45, 7) is 2.12. The number of hydrogen-bond acceptors (Lipinski definition) is 7. The van der Waals surface area contributed by atoms with E-state index in [0.717, 1.165) is 12.8 Å². The average Bonchev–Trinajstić information content (AvgIpc) is 3.33. The van der Waals surface area contributed by atoms with Gasteiger partial charge in [-0.3, -0.25) is 4.79 Å². The monoisotopic (exact) mass is 467 g/mol. The van der Waals surface area contributed by atoms with Crippen LogP contribution in [0.15, 0.2) is 36.4 Å². The molecule has 1 fully saturated rings. The average molecular weight is 468 g/mol. The van der Waals surface area contributed by atoms with Crippen LogP contribution in [0.5, 0.6) is 23.0 Å². The fraction of sp³-hybridized carbons (Fsp3) is 0.462. The number of nitrogens with one attached hydrogen (secondary N) is 1. The Morgan fingerprint density at radius 3 is 2.62 bits per heavy atom. The zero-order valence-corrected chi connectivity index (χ0v) is 19.4. The molecule has 0 aromatic heterocycles. The van der Waals surface area contributed by atoms with Crippen molar-refractivity contribution < 1.29 is 33.3 Å². The number of fused-ring (bicyclic) bond motifs is 2. The van der Waals surface area contributed by atoms with Crippen LogP contribution in [0.4, 0.5) is 4.79 Å². The number of benzene rings is 2. The Hall–Kier alpha value is -3.42. The first kappa shape index (κ1) is 22.4. The third kappa shape index (κ3) is 4.36. The lowest BCUT2D eigenvalue weighted by Gasteiger charge is -2.33. The maximum atomic E-state index is 13.5. The molecule has 0 spiro atoms. The Kier molecular flexibility index (Phi) is 6.22. The molecule has 0 bridgehead atoms. The highest BCUT2D eigenvalue weighted by atomic mass is 16.7. The van der Waals surface area contributed by atoms with Gasteiger partial charge in [-0.15, -0.1) is 0 Å². The van der Waals surface area contributed by atoms with Crippen LogP contribution in [0, 0.1) is 5.92 Å². The minimum absolute atomic E-state index is 0.0343. The first-order valence-electron chi connectivity index (χ1n) is 11.8. The molecule has 34 heavy (non-hydrogen) atoms. The number of alkyl carbamates (subject to hydrolysis) is 1. The van der Waals surface area contributed by atoms with Crippen molar-refractivity contribution >= 4 is 11.9 Å². The second-order valence-corrected chi connectivity index (χ2v) is 9.03. The number of methoxy groups -OCH3 is 1. The first-order chi connectivity index (χ1) is 16.5. The highest BCUT2D eigenvalue weighted by Crippen LogP contribution is 2.41. The lowest BCUT2D eigenvalue weighted by molar-refractivity contribution is 0.00749. The second-order valence-electron chi connectivity index (χ2n) is 9.03. The molecule has 3 atom stereocenters. The van der Waals surface area contributed by atoms with Crippen LogP contribution in [0.3, 0.4) is 0 Å². The minimum Gasteiger partial charge on any atom is -0.497 e. The molecule has 1 unspecified atom stereocenters. The summed E-state index contributed by atoms with van der Waals surface area (Å²) >= 11 is 0. The van der Waals surface area contributed by atoms with Crippen LogP contribution in [0.25, 0.3) is 0 Å². The highest BCUT2D eigenvalue weighted by molar-refractivity contribution is 6.04. The fourth-order valence-corrected chi connectivity index (χ4v) is 4.96. The van der Waals surface area contributed by atoms with Crippen LogP contribution in [0.2, 0.25) is 0 Å². The second kappa shape index (κ2) is 9.44. The maximum Gasteiger partial charge on any atom is 0.408 e. The Labute approximate surface area is 198 Å². The molecule has 8 nitrogen and oxygen atoms in total. The number of hydrogen-bond donors (Lipinski definition) is 1. The zero-order chi connectivity index (χ0) is 23.7. The summed E-state index contributed by atoms with van der Waals surface area (Å²) in [7, 11) is 1.55. The van der Waals surface area contributed by atoms with E-state index in [1.165, 1.54) is 19.3 Å². The van der Waals surface area contributed by atoms with Gasteiger partial charge in [0.15, 0.2) is 17.6 Å². The molecule has 8 heteroatoms. The van der Waals surface area contributed by atoms with E-state index in [2.05, 4.69) is 5.32 Å². The van der Waals surface area contributed by atoms with E-state index in [0.29, 0.717) is 40.0 Å². The van der Waals surface area contributed by atoms with E-state index in [4.69, 9.17) is 23.7 Å². The SMILES string of the molecule is COc1ccc2c(c1)O[C@@H](c1ccc3c(c1)OCO3)C(OC(=O)N[C@H](C)C1CCCCC1)C2=O. The normalized spacial score (nSPS) is 22.4. The van der Waals surface area contributed by atoms with Crippen LogP contribution in [-0.4, -0.2) is 37.9 Å². The number of ether oxygens (including phenoxy) is 5. The van der Waals surface area contributed by atoms with Gasteiger partial charge in [0.2, 0.25) is 18.7 Å².